The number of nitrogens with zero attached hydrogens (tertiary/aromatic N) is 1. The second kappa shape index (κ2) is 8.95. The third-order valence-electron chi connectivity index (χ3n) is 5.58. The Balaban J connectivity index is 0.000000552. The van der Waals surface area contributed by atoms with Crippen molar-refractivity contribution in [2.75, 3.05) is 7.05 Å². The Hall–Kier alpha value is -3.08. The van der Waals surface area contributed by atoms with Crippen LogP contribution in [-0.4, -0.2) is 23.4 Å². The maximum atomic E-state index is 12.6. The van der Waals surface area contributed by atoms with Crippen LogP contribution < -0.4 is 10.6 Å². The number of aryl methyl sites for hydroxylation is 2. The molecule has 2 aliphatic rings. The summed E-state index contributed by atoms with van der Waals surface area (Å²) in [5.74, 6) is -1.58. The summed E-state index contributed by atoms with van der Waals surface area (Å²) in [5, 5.41) is 6.53. The summed E-state index contributed by atoms with van der Waals surface area (Å²) < 4.78 is 2.23. The highest BCUT2D eigenvalue weighted by Gasteiger charge is 2.45. The van der Waals surface area contributed by atoms with Crippen LogP contribution in [0.25, 0.3) is 10.9 Å². The minimum absolute atomic E-state index is 0.234. The molecule has 1 aromatic carbocycles. The molecule has 3 heterocycles. The van der Waals surface area contributed by atoms with E-state index in [1.807, 2.05) is 32.1 Å². The van der Waals surface area contributed by atoms with Crippen molar-refractivity contribution in [1.82, 2.24) is 15.2 Å². The molecule has 0 saturated carbocycles. The maximum absolute atomic E-state index is 12.6. The highest BCUT2D eigenvalue weighted by Crippen LogP contribution is 2.41. The molecular formula is C24H29N3O2. The van der Waals surface area contributed by atoms with E-state index in [9.17, 15) is 9.59 Å². The van der Waals surface area contributed by atoms with Crippen molar-refractivity contribution in [2.45, 2.75) is 39.2 Å². The Morgan fingerprint density at radius 2 is 2.00 bits per heavy atom. The minimum atomic E-state index is -0.555. The fourth-order valence-electron chi connectivity index (χ4n) is 4.22. The molecule has 0 spiro atoms. The van der Waals surface area contributed by atoms with Crippen LogP contribution in [0.3, 0.4) is 0 Å². The van der Waals surface area contributed by atoms with Gasteiger partial charge in [0.1, 0.15) is 0 Å². The Bertz CT molecular complexity index is 993. The molecule has 0 aliphatic carbocycles. The number of allylic oxidation sites excluding steroid dienone is 3. The van der Waals surface area contributed by atoms with Gasteiger partial charge in [0.15, 0.2) is 0 Å². The Morgan fingerprint density at radius 1 is 1.24 bits per heavy atom. The number of carbonyl (C=O) groups is 2. The summed E-state index contributed by atoms with van der Waals surface area (Å²) >= 11 is 0. The highest BCUT2D eigenvalue weighted by atomic mass is 16.2. The van der Waals surface area contributed by atoms with Crippen molar-refractivity contribution in [3.63, 3.8) is 0 Å². The molecule has 1 unspecified atom stereocenters. The fraction of sp³-hybridized carbons (Fsp3) is 0.333. The third kappa shape index (κ3) is 3.77. The lowest BCUT2D eigenvalue weighted by Gasteiger charge is -2.16. The van der Waals surface area contributed by atoms with E-state index < -0.39 is 11.8 Å². The Morgan fingerprint density at radius 3 is 2.66 bits per heavy atom. The maximum Gasteiger partial charge on any atom is 0.235 e. The second-order valence-electron chi connectivity index (χ2n) is 7.31. The van der Waals surface area contributed by atoms with Crippen molar-refractivity contribution in [1.29, 1.82) is 0 Å². The molecule has 5 heteroatoms. The van der Waals surface area contributed by atoms with Gasteiger partial charge in [-0.05, 0) is 43.4 Å². The van der Waals surface area contributed by atoms with E-state index in [0.717, 1.165) is 35.9 Å². The molecule has 4 rings (SSSR count). The van der Waals surface area contributed by atoms with E-state index in [4.69, 9.17) is 0 Å². The molecule has 152 valence electrons. The number of imide groups is 1. The van der Waals surface area contributed by atoms with Crippen LogP contribution in [0.2, 0.25) is 0 Å². The largest absolute Gasteiger partial charge is 0.394 e. The van der Waals surface area contributed by atoms with Gasteiger partial charge in [0.05, 0.1) is 17.4 Å². The zero-order valence-corrected chi connectivity index (χ0v) is 17.4. The summed E-state index contributed by atoms with van der Waals surface area (Å²) in [6, 6.07) is 6.24. The van der Waals surface area contributed by atoms with Crippen LogP contribution >= 0.6 is 0 Å². The number of rotatable bonds is 4. The molecule has 1 saturated heterocycles. The van der Waals surface area contributed by atoms with Gasteiger partial charge in [-0.25, -0.2) is 0 Å². The first-order chi connectivity index (χ1) is 14.1. The molecule has 0 bridgehead atoms. The van der Waals surface area contributed by atoms with Crippen molar-refractivity contribution in [3.8, 4) is 0 Å². The molecule has 2 aromatic rings. The number of carbonyl (C=O) groups excluding carboxylic acids is 2. The van der Waals surface area contributed by atoms with Gasteiger partial charge < -0.3 is 9.88 Å². The Kier molecular flexibility index (Phi) is 6.37. The van der Waals surface area contributed by atoms with Gasteiger partial charge in [-0.3, -0.25) is 14.9 Å². The van der Waals surface area contributed by atoms with E-state index in [-0.39, 0.29) is 11.8 Å². The quantitative estimate of drug-likeness (QED) is 0.473. The monoisotopic (exact) mass is 391 g/mol. The van der Waals surface area contributed by atoms with Crippen molar-refractivity contribution in [3.05, 3.63) is 72.1 Å². The molecular weight excluding hydrogens is 362 g/mol. The van der Waals surface area contributed by atoms with Gasteiger partial charge in [-0.2, -0.15) is 0 Å². The molecule has 2 amide bonds. The smallest absolute Gasteiger partial charge is 0.235 e. The first kappa shape index (κ1) is 20.6. The first-order valence-electron chi connectivity index (χ1n) is 10.1. The lowest BCUT2D eigenvalue weighted by molar-refractivity contribution is -0.125. The normalized spacial score (nSPS) is 21.1. The third-order valence-corrected chi connectivity index (χ3v) is 5.58. The van der Waals surface area contributed by atoms with E-state index in [2.05, 4.69) is 40.1 Å². The van der Waals surface area contributed by atoms with E-state index in [1.165, 1.54) is 11.1 Å². The average molecular weight is 392 g/mol. The highest BCUT2D eigenvalue weighted by molar-refractivity contribution is 6.11. The zero-order valence-electron chi connectivity index (χ0n) is 17.4. The molecule has 1 aromatic heterocycles. The summed E-state index contributed by atoms with van der Waals surface area (Å²) in [5.41, 5.74) is 4.16. The standard InChI is InChI=1S/C20H21N3O2.C4H8/c1-3-12(10-21-2)16-17(20(25)22-19(16)24)15-11-23-9-5-7-13-6-4-8-14(15)18(13)23;1-3-4-2/h3-4,6,8,10-11,16-17,21H,1,5,7,9H2,2H3,(H,22,24,25);3-4H,1-2H3/b12-10+;4-3-/t16?,17-;/m0./s1. The van der Waals surface area contributed by atoms with E-state index >= 15 is 0 Å². The van der Waals surface area contributed by atoms with Gasteiger partial charge in [0, 0.05) is 31.4 Å². The van der Waals surface area contributed by atoms with Crippen molar-refractivity contribution >= 4 is 22.7 Å². The van der Waals surface area contributed by atoms with Crippen LogP contribution in [0, 0.1) is 5.92 Å². The topological polar surface area (TPSA) is 63.1 Å². The van der Waals surface area contributed by atoms with Crippen molar-refractivity contribution in [2.24, 2.45) is 5.92 Å². The molecule has 29 heavy (non-hydrogen) atoms. The fourth-order valence-corrected chi connectivity index (χ4v) is 4.22. The van der Waals surface area contributed by atoms with Crippen LogP contribution in [-0.2, 0) is 22.6 Å². The lowest BCUT2D eigenvalue weighted by atomic mass is 9.83. The van der Waals surface area contributed by atoms with Gasteiger partial charge in [0.2, 0.25) is 11.8 Å². The molecule has 2 aliphatic heterocycles. The summed E-state index contributed by atoms with van der Waals surface area (Å²) in [7, 11) is 1.77. The lowest BCUT2D eigenvalue weighted by Crippen LogP contribution is -2.22. The molecule has 0 radical (unpaired) electrons. The van der Waals surface area contributed by atoms with Crippen LogP contribution in [0.5, 0.6) is 0 Å². The van der Waals surface area contributed by atoms with E-state index in [0.29, 0.717) is 0 Å². The number of hydrogen-bond acceptors (Lipinski definition) is 3. The Labute approximate surface area is 172 Å². The predicted molar refractivity (Wildman–Crippen MR) is 117 cm³/mol. The summed E-state index contributed by atoms with van der Waals surface area (Å²) in [4.78, 5) is 25.1. The number of benzene rings is 1. The SMILES string of the molecule is C/C=C\C.C=C/C(=C\NC)C1C(=O)NC(=O)[C@H]1c1cn2c3c(cccc13)CCC2. The average Bonchev–Trinajstić information content (AvgIpc) is 3.24. The zero-order chi connectivity index (χ0) is 21.0. The second-order valence-corrected chi connectivity index (χ2v) is 7.31. The van der Waals surface area contributed by atoms with E-state index in [1.54, 1.807) is 19.3 Å². The van der Waals surface area contributed by atoms with Crippen molar-refractivity contribution < 1.29 is 9.59 Å². The minimum Gasteiger partial charge on any atom is -0.394 e. The molecule has 1 fully saturated rings. The van der Waals surface area contributed by atoms with Crippen LogP contribution in [0.1, 0.15) is 37.3 Å². The van der Waals surface area contributed by atoms with Gasteiger partial charge in [-0.15, -0.1) is 0 Å². The van der Waals surface area contributed by atoms with Gasteiger partial charge in [-0.1, -0.05) is 43.0 Å². The predicted octanol–water partition coefficient (Wildman–Crippen LogP) is 3.82. The molecule has 2 atom stereocenters. The molecule has 5 nitrogen and oxygen atoms in total. The number of para-hydroxylation sites is 1. The van der Waals surface area contributed by atoms with Gasteiger partial charge in [0.25, 0.3) is 0 Å². The molecule has 2 N–H and O–H groups in total. The number of nitrogens with one attached hydrogen (secondary N) is 2. The van der Waals surface area contributed by atoms with Gasteiger partial charge >= 0.3 is 0 Å². The summed E-state index contributed by atoms with van der Waals surface area (Å²) in [6.07, 6.45) is 11.6. The first-order valence-corrected chi connectivity index (χ1v) is 10.1. The van der Waals surface area contributed by atoms with Crippen LogP contribution in [0.4, 0.5) is 0 Å². The number of hydrogen-bond donors (Lipinski definition) is 2. The van der Waals surface area contributed by atoms with Crippen LogP contribution in [0.15, 0.2) is 61.0 Å². The summed E-state index contributed by atoms with van der Waals surface area (Å²) in [6.45, 7) is 8.76. The number of amides is 2. The number of aromatic nitrogens is 1.